The van der Waals surface area contributed by atoms with Gasteiger partial charge < -0.3 is 14.4 Å². The lowest BCUT2D eigenvalue weighted by molar-refractivity contribution is -0.131. The van der Waals surface area contributed by atoms with E-state index in [1.165, 1.54) is 29.2 Å². The third-order valence-electron chi connectivity index (χ3n) is 5.08. The summed E-state index contributed by atoms with van der Waals surface area (Å²) in [6.07, 6.45) is 2.25. The molecule has 0 aliphatic rings. The largest absolute Gasteiger partial charge is 0.491 e. The quantitative estimate of drug-likeness (QED) is 0.391. The topological polar surface area (TPSA) is 135 Å². The van der Waals surface area contributed by atoms with Crippen LogP contribution >= 0.6 is 0 Å². The maximum absolute atomic E-state index is 12.5. The molecule has 10 heteroatoms. The maximum atomic E-state index is 12.5. The predicted octanol–water partition coefficient (Wildman–Crippen LogP) is 0.894. The number of carbonyl (C=O) groups excluding carboxylic acids is 1. The van der Waals surface area contributed by atoms with E-state index in [0.717, 1.165) is 17.4 Å². The highest BCUT2D eigenvalue weighted by Crippen LogP contribution is 2.26. The number of hydrogen-bond donors (Lipinski definition) is 3. The molecule has 0 fully saturated rings. The smallest absolute Gasteiger partial charge is 0.264 e. The van der Waals surface area contributed by atoms with Gasteiger partial charge in [-0.15, -0.1) is 0 Å². The van der Waals surface area contributed by atoms with Crippen LogP contribution in [-0.2, 0) is 21.2 Å². The first kappa shape index (κ1) is 23.6. The Kier molecular flexibility index (Phi) is 7.40. The molecule has 0 aliphatic heterocycles. The molecule has 1 aromatic heterocycles. The highest BCUT2D eigenvalue weighted by Gasteiger charge is 2.43. The van der Waals surface area contributed by atoms with Gasteiger partial charge in [-0.2, -0.15) is 0 Å². The highest BCUT2D eigenvalue weighted by atomic mass is 32.2. The van der Waals surface area contributed by atoms with Gasteiger partial charge in [0.25, 0.3) is 11.5 Å². The van der Waals surface area contributed by atoms with E-state index in [4.69, 9.17) is 15.1 Å². The van der Waals surface area contributed by atoms with E-state index in [9.17, 15) is 18.0 Å². The minimum absolute atomic E-state index is 0.0247. The summed E-state index contributed by atoms with van der Waals surface area (Å²) in [5.74, 6) is -0.406. The molecule has 2 aromatic rings. The number of aromatic nitrogens is 1. The SMILES string of the molecule is Cc1cc(-c2ccn(CCC(C)(C(=O)NO)S(C)(=O)=O)c(=O)c2)ccc1OCCO. The van der Waals surface area contributed by atoms with Crippen molar-refractivity contribution in [2.24, 2.45) is 0 Å². The molecule has 1 heterocycles. The zero-order valence-electron chi connectivity index (χ0n) is 17.1. The Hall–Kier alpha value is -2.69. The summed E-state index contributed by atoms with van der Waals surface area (Å²) < 4.78 is 28.9. The average Bonchev–Trinajstić information content (AvgIpc) is 2.70. The molecule has 9 nitrogen and oxygen atoms in total. The van der Waals surface area contributed by atoms with E-state index >= 15 is 0 Å². The Bertz CT molecular complexity index is 1080. The van der Waals surface area contributed by atoms with Gasteiger partial charge in [0.2, 0.25) is 0 Å². The molecule has 0 aliphatic carbocycles. The van der Waals surface area contributed by atoms with Crippen LogP contribution in [0.1, 0.15) is 18.9 Å². The number of hydroxylamine groups is 1. The van der Waals surface area contributed by atoms with E-state index in [2.05, 4.69) is 0 Å². The molecule has 1 amide bonds. The van der Waals surface area contributed by atoms with E-state index in [1.54, 1.807) is 18.2 Å². The Morgan fingerprint density at radius 3 is 2.43 bits per heavy atom. The number of nitrogens with one attached hydrogen (secondary N) is 1. The van der Waals surface area contributed by atoms with Crippen molar-refractivity contribution in [1.29, 1.82) is 0 Å². The van der Waals surface area contributed by atoms with Crippen molar-refractivity contribution in [3.05, 3.63) is 52.4 Å². The molecule has 0 bridgehead atoms. The molecule has 1 aromatic carbocycles. The van der Waals surface area contributed by atoms with Gasteiger partial charge in [-0.1, -0.05) is 6.07 Å². The first-order chi connectivity index (χ1) is 14.0. The first-order valence-electron chi connectivity index (χ1n) is 9.23. The first-order valence-corrected chi connectivity index (χ1v) is 11.1. The second kappa shape index (κ2) is 9.41. The van der Waals surface area contributed by atoms with Gasteiger partial charge in [-0.25, -0.2) is 13.9 Å². The predicted molar refractivity (Wildman–Crippen MR) is 111 cm³/mol. The fraction of sp³-hybridized carbons (Fsp3) is 0.400. The van der Waals surface area contributed by atoms with Gasteiger partial charge in [0.1, 0.15) is 12.4 Å². The molecule has 164 valence electrons. The number of aliphatic hydroxyl groups excluding tert-OH is 1. The summed E-state index contributed by atoms with van der Waals surface area (Å²) in [7, 11) is -3.84. The van der Waals surface area contributed by atoms with Crippen molar-refractivity contribution < 1.29 is 28.3 Å². The summed E-state index contributed by atoms with van der Waals surface area (Å²) in [6, 6.07) is 8.56. The minimum Gasteiger partial charge on any atom is -0.491 e. The van der Waals surface area contributed by atoms with E-state index in [-0.39, 0.29) is 31.7 Å². The molecule has 1 atom stereocenters. The fourth-order valence-electron chi connectivity index (χ4n) is 2.94. The molecule has 0 saturated heterocycles. The van der Waals surface area contributed by atoms with Crippen LogP contribution in [-0.4, -0.2) is 53.4 Å². The minimum atomic E-state index is -3.84. The number of pyridine rings is 1. The van der Waals surface area contributed by atoms with Crippen molar-refractivity contribution in [3.63, 3.8) is 0 Å². The van der Waals surface area contributed by atoms with Crippen molar-refractivity contribution in [2.75, 3.05) is 19.5 Å². The molecule has 0 saturated carbocycles. The fourth-order valence-corrected chi connectivity index (χ4v) is 3.78. The standard InChI is InChI=1S/C20H26N2O7S/c1-14-12-15(4-5-17(14)29-11-10-23)16-6-8-22(18(24)13-16)9-7-20(2,19(25)21-26)30(3,27)28/h4-6,8,12-13,23,26H,7,9-11H2,1-3H3,(H,21,25). The van der Waals surface area contributed by atoms with Crippen LogP contribution in [0.15, 0.2) is 41.3 Å². The Labute approximate surface area is 174 Å². The number of nitrogens with zero attached hydrogens (tertiary/aromatic N) is 1. The summed E-state index contributed by atoms with van der Waals surface area (Å²) in [5.41, 5.74) is 3.35. The molecular weight excluding hydrogens is 412 g/mol. The van der Waals surface area contributed by atoms with Crippen LogP contribution in [0.25, 0.3) is 11.1 Å². The maximum Gasteiger partial charge on any atom is 0.264 e. The monoisotopic (exact) mass is 438 g/mol. The molecule has 30 heavy (non-hydrogen) atoms. The lowest BCUT2D eigenvalue weighted by atomic mass is 10.0. The van der Waals surface area contributed by atoms with Gasteiger partial charge in [-0.05, 0) is 55.2 Å². The third kappa shape index (κ3) is 5.07. The molecule has 1 unspecified atom stereocenters. The Morgan fingerprint density at radius 1 is 1.23 bits per heavy atom. The third-order valence-corrected chi connectivity index (χ3v) is 7.11. The molecule has 0 spiro atoms. The zero-order valence-corrected chi connectivity index (χ0v) is 17.9. The van der Waals surface area contributed by atoms with Gasteiger partial charge in [0.15, 0.2) is 14.6 Å². The number of aliphatic hydroxyl groups is 1. The van der Waals surface area contributed by atoms with Crippen LogP contribution in [0, 0.1) is 6.92 Å². The van der Waals surface area contributed by atoms with Crippen molar-refractivity contribution in [3.8, 4) is 16.9 Å². The average molecular weight is 439 g/mol. The molecule has 2 rings (SSSR count). The van der Waals surface area contributed by atoms with Gasteiger partial charge >= 0.3 is 0 Å². The van der Waals surface area contributed by atoms with Crippen molar-refractivity contribution in [2.45, 2.75) is 31.6 Å². The lowest BCUT2D eigenvalue weighted by Crippen LogP contribution is -2.49. The van der Waals surface area contributed by atoms with E-state index in [1.807, 2.05) is 13.0 Å². The summed E-state index contributed by atoms with van der Waals surface area (Å²) >= 11 is 0. The Morgan fingerprint density at radius 2 is 1.90 bits per heavy atom. The normalized spacial score (nSPS) is 13.5. The summed E-state index contributed by atoms with van der Waals surface area (Å²) in [5, 5.41) is 17.7. The number of rotatable bonds is 9. The number of carbonyl (C=O) groups is 1. The molecular formula is C20H26N2O7S. The van der Waals surface area contributed by atoms with E-state index in [0.29, 0.717) is 11.3 Å². The van der Waals surface area contributed by atoms with Crippen LogP contribution < -0.4 is 15.8 Å². The van der Waals surface area contributed by atoms with E-state index < -0.39 is 20.5 Å². The van der Waals surface area contributed by atoms with Gasteiger partial charge in [0, 0.05) is 25.1 Å². The summed E-state index contributed by atoms with van der Waals surface area (Å²) in [6.45, 7) is 3.14. The van der Waals surface area contributed by atoms with Crippen LogP contribution in [0.5, 0.6) is 5.75 Å². The number of amides is 1. The number of aryl methyl sites for hydroxylation is 2. The second-order valence-electron chi connectivity index (χ2n) is 7.19. The Balaban J connectivity index is 2.24. The number of hydrogen-bond acceptors (Lipinski definition) is 7. The highest BCUT2D eigenvalue weighted by molar-refractivity contribution is 7.92. The van der Waals surface area contributed by atoms with Crippen LogP contribution in [0.2, 0.25) is 0 Å². The second-order valence-corrected chi connectivity index (χ2v) is 9.64. The van der Waals surface area contributed by atoms with Crippen LogP contribution in [0.3, 0.4) is 0 Å². The zero-order chi connectivity index (χ0) is 22.5. The molecule has 3 N–H and O–H groups in total. The number of sulfone groups is 1. The summed E-state index contributed by atoms with van der Waals surface area (Å²) in [4.78, 5) is 24.4. The number of ether oxygens (including phenoxy) is 1. The lowest BCUT2D eigenvalue weighted by Gasteiger charge is -2.25. The van der Waals surface area contributed by atoms with Crippen molar-refractivity contribution in [1.82, 2.24) is 10.0 Å². The van der Waals surface area contributed by atoms with Gasteiger partial charge in [-0.3, -0.25) is 14.8 Å². The van der Waals surface area contributed by atoms with Crippen molar-refractivity contribution >= 4 is 15.7 Å². The van der Waals surface area contributed by atoms with Gasteiger partial charge in [0.05, 0.1) is 6.61 Å². The van der Waals surface area contributed by atoms with Crippen LogP contribution in [0.4, 0.5) is 0 Å². The molecule has 0 radical (unpaired) electrons. The number of benzene rings is 1.